The number of methoxy groups -OCH3 is 3. The van der Waals surface area contributed by atoms with Crippen LogP contribution in [0.3, 0.4) is 0 Å². The molecule has 0 saturated carbocycles. The Labute approximate surface area is 160 Å². The molecule has 0 saturated heterocycles. The van der Waals surface area contributed by atoms with Crippen molar-refractivity contribution in [3.05, 3.63) is 53.1 Å². The fraction of sp³-hybridized carbons (Fsp3) is 0.263. The summed E-state index contributed by atoms with van der Waals surface area (Å²) in [6, 6.07) is 5.65. The lowest BCUT2D eigenvalue weighted by molar-refractivity contribution is 0.0925. The van der Waals surface area contributed by atoms with E-state index in [2.05, 4.69) is 10.6 Å². The van der Waals surface area contributed by atoms with E-state index in [1.807, 2.05) is 0 Å². The molecule has 0 aliphatic rings. The predicted octanol–water partition coefficient (Wildman–Crippen LogP) is 2.15. The number of benzene rings is 2. The second kappa shape index (κ2) is 9.54. The first-order chi connectivity index (χ1) is 13.4. The molecule has 0 fully saturated rings. The summed E-state index contributed by atoms with van der Waals surface area (Å²) in [5, 5.41) is 5.05. The Balaban J connectivity index is 1.94. The van der Waals surface area contributed by atoms with E-state index >= 15 is 0 Å². The van der Waals surface area contributed by atoms with Crippen LogP contribution in [0.2, 0.25) is 0 Å². The summed E-state index contributed by atoms with van der Waals surface area (Å²) in [5.74, 6) is -1.86. The first-order valence-corrected chi connectivity index (χ1v) is 8.22. The van der Waals surface area contributed by atoms with Crippen LogP contribution in [0.25, 0.3) is 0 Å². The van der Waals surface area contributed by atoms with Gasteiger partial charge >= 0.3 is 0 Å². The van der Waals surface area contributed by atoms with Gasteiger partial charge in [-0.1, -0.05) is 0 Å². The van der Waals surface area contributed by atoms with Crippen molar-refractivity contribution < 1.29 is 32.6 Å². The smallest absolute Gasteiger partial charge is 0.254 e. The van der Waals surface area contributed by atoms with Crippen molar-refractivity contribution in [2.75, 3.05) is 34.4 Å². The molecule has 0 aliphatic heterocycles. The summed E-state index contributed by atoms with van der Waals surface area (Å²) < 4.78 is 42.0. The average molecular weight is 394 g/mol. The number of carbonyl (C=O) groups excluding carboxylic acids is 2. The minimum Gasteiger partial charge on any atom is -0.493 e. The molecule has 150 valence electrons. The Kier molecular flexibility index (Phi) is 7.14. The molecule has 0 radical (unpaired) electrons. The van der Waals surface area contributed by atoms with Gasteiger partial charge in [-0.25, -0.2) is 8.78 Å². The van der Waals surface area contributed by atoms with Gasteiger partial charge in [-0.3, -0.25) is 9.59 Å². The van der Waals surface area contributed by atoms with Gasteiger partial charge in [0.2, 0.25) is 5.75 Å². The number of carbonyl (C=O) groups is 2. The molecule has 0 unspecified atom stereocenters. The van der Waals surface area contributed by atoms with Crippen LogP contribution in [0.1, 0.15) is 20.7 Å². The highest BCUT2D eigenvalue weighted by Gasteiger charge is 2.17. The maximum absolute atomic E-state index is 13.6. The lowest BCUT2D eigenvalue weighted by atomic mass is 10.1. The Bertz CT molecular complexity index is 848. The van der Waals surface area contributed by atoms with E-state index in [0.717, 1.165) is 12.1 Å². The first kappa shape index (κ1) is 20.9. The highest BCUT2D eigenvalue weighted by Crippen LogP contribution is 2.38. The van der Waals surface area contributed by atoms with Gasteiger partial charge in [-0.2, -0.15) is 0 Å². The molecule has 2 N–H and O–H groups in total. The molecule has 0 heterocycles. The molecule has 7 nitrogen and oxygen atoms in total. The van der Waals surface area contributed by atoms with Gasteiger partial charge in [-0.15, -0.1) is 0 Å². The van der Waals surface area contributed by atoms with E-state index in [1.165, 1.54) is 33.5 Å². The zero-order chi connectivity index (χ0) is 20.7. The summed E-state index contributed by atoms with van der Waals surface area (Å²) in [4.78, 5) is 24.2. The summed E-state index contributed by atoms with van der Waals surface area (Å²) in [5.41, 5.74) is -0.0113. The average Bonchev–Trinajstić information content (AvgIpc) is 2.69. The Hall–Kier alpha value is -3.36. The molecule has 0 aliphatic carbocycles. The van der Waals surface area contributed by atoms with Crippen molar-refractivity contribution >= 4 is 11.8 Å². The number of halogens is 2. The molecule has 2 amide bonds. The van der Waals surface area contributed by atoms with E-state index in [9.17, 15) is 18.4 Å². The maximum atomic E-state index is 13.6. The van der Waals surface area contributed by atoms with Crippen LogP contribution in [0.5, 0.6) is 17.2 Å². The van der Waals surface area contributed by atoms with Gasteiger partial charge < -0.3 is 24.8 Å². The quantitative estimate of drug-likeness (QED) is 0.670. The van der Waals surface area contributed by atoms with Gasteiger partial charge in [0, 0.05) is 24.7 Å². The highest BCUT2D eigenvalue weighted by atomic mass is 19.1. The number of rotatable bonds is 8. The van der Waals surface area contributed by atoms with Gasteiger partial charge in [0.05, 0.1) is 26.9 Å². The molecule has 0 atom stereocenters. The minimum atomic E-state index is -0.959. The van der Waals surface area contributed by atoms with Crippen molar-refractivity contribution in [2.45, 2.75) is 0 Å². The predicted molar refractivity (Wildman–Crippen MR) is 97.1 cm³/mol. The van der Waals surface area contributed by atoms with E-state index < -0.39 is 23.4 Å². The van der Waals surface area contributed by atoms with Crippen LogP contribution in [-0.2, 0) is 0 Å². The van der Waals surface area contributed by atoms with E-state index in [0.29, 0.717) is 23.3 Å². The second-order valence-corrected chi connectivity index (χ2v) is 5.55. The Morgan fingerprint density at radius 1 is 0.857 bits per heavy atom. The summed E-state index contributed by atoms with van der Waals surface area (Å²) in [7, 11) is 4.32. The molecule has 0 spiro atoms. The van der Waals surface area contributed by atoms with Crippen LogP contribution in [0, 0.1) is 11.6 Å². The number of hydrogen-bond donors (Lipinski definition) is 2. The van der Waals surface area contributed by atoms with Gasteiger partial charge in [0.15, 0.2) is 11.5 Å². The molecule has 2 rings (SSSR count). The van der Waals surface area contributed by atoms with Gasteiger partial charge in [0.25, 0.3) is 11.8 Å². The first-order valence-electron chi connectivity index (χ1n) is 8.22. The third-order valence-electron chi connectivity index (χ3n) is 3.80. The van der Waals surface area contributed by atoms with Crippen LogP contribution >= 0.6 is 0 Å². The zero-order valence-electron chi connectivity index (χ0n) is 15.6. The molecular formula is C19H20F2N2O5. The van der Waals surface area contributed by atoms with Crippen LogP contribution in [0.15, 0.2) is 30.3 Å². The molecule has 28 heavy (non-hydrogen) atoms. The van der Waals surface area contributed by atoms with E-state index in [4.69, 9.17) is 14.2 Å². The fourth-order valence-electron chi connectivity index (χ4n) is 2.44. The van der Waals surface area contributed by atoms with E-state index in [1.54, 1.807) is 0 Å². The molecule has 2 aromatic carbocycles. The molecule has 2 aromatic rings. The van der Waals surface area contributed by atoms with Crippen LogP contribution in [-0.4, -0.2) is 46.2 Å². The monoisotopic (exact) mass is 394 g/mol. The maximum Gasteiger partial charge on any atom is 0.254 e. The SMILES string of the molecule is COc1cc(C(=O)NCCNC(=O)c2ccc(F)cc2F)cc(OC)c1OC. The summed E-state index contributed by atoms with van der Waals surface area (Å²) in [6.07, 6.45) is 0. The number of hydrogen-bond acceptors (Lipinski definition) is 5. The van der Waals surface area contributed by atoms with Crippen molar-refractivity contribution in [2.24, 2.45) is 0 Å². The van der Waals surface area contributed by atoms with Crippen molar-refractivity contribution in [1.29, 1.82) is 0 Å². The third kappa shape index (κ3) is 4.87. The third-order valence-corrected chi connectivity index (χ3v) is 3.80. The van der Waals surface area contributed by atoms with Crippen LogP contribution in [0.4, 0.5) is 8.78 Å². The lowest BCUT2D eigenvalue weighted by Gasteiger charge is -2.14. The normalized spacial score (nSPS) is 10.2. The largest absolute Gasteiger partial charge is 0.493 e. The number of ether oxygens (including phenoxy) is 3. The Morgan fingerprint density at radius 2 is 1.43 bits per heavy atom. The highest BCUT2D eigenvalue weighted by molar-refractivity contribution is 5.96. The minimum absolute atomic E-state index is 0.0474. The zero-order valence-corrected chi connectivity index (χ0v) is 15.6. The molecule has 0 aromatic heterocycles. The topological polar surface area (TPSA) is 85.9 Å². The molecular weight excluding hydrogens is 374 g/mol. The second-order valence-electron chi connectivity index (χ2n) is 5.55. The van der Waals surface area contributed by atoms with Crippen molar-refractivity contribution in [3.8, 4) is 17.2 Å². The summed E-state index contributed by atoms with van der Waals surface area (Å²) in [6.45, 7) is 0.135. The standard InChI is InChI=1S/C19H20F2N2O5/c1-26-15-8-11(9-16(27-2)17(15)28-3)18(24)22-6-7-23-19(25)13-5-4-12(20)10-14(13)21/h4-5,8-10H,6-7H2,1-3H3,(H,22,24)(H,23,25). The summed E-state index contributed by atoms with van der Waals surface area (Å²) >= 11 is 0. The van der Waals surface area contributed by atoms with Crippen molar-refractivity contribution in [1.82, 2.24) is 10.6 Å². The number of nitrogens with one attached hydrogen (secondary N) is 2. The van der Waals surface area contributed by atoms with Gasteiger partial charge in [0.1, 0.15) is 11.6 Å². The van der Waals surface area contributed by atoms with Crippen molar-refractivity contribution in [3.63, 3.8) is 0 Å². The van der Waals surface area contributed by atoms with E-state index in [-0.39, 0.29) is 24.2 Å². The fourth-order valence-corrected chi connectivity index (χ4v) is 2.44. The Morgan fingerprint density at radius 3 is 1.93 bits per heavy atom. The molecule has 0 bridgehead atoms. The van der Waals surface area contributed by atoms with Crippen LogP contribution < -0.4 is 24.8 Å². The number of amides is 2. The lowest BCUT2D eigenvalue weighted by Crippen LogP contribution is -2.35. The molecule has 9 heteroatoms. The van der Waals surface area contributed by atoms with Gasteiger partial charge in [-0.05, 0) is 24.3 Å².